The molecule has 82 valence electrons. The molecular formula is C9H7BrN4O2. The third-order valence-corrected chi connectivity index (χ3v) is 2.48. The van der Waals surface area contributed by atoms with Gasteiger partial charge in [0.15, 0.2) is 0 Å². The number of halogens is 1. The van der Waals surface area contributed by atoms with E-state index in [0.717, 1.165) is 0 Å². The molecule has 0 saturated heterocycles. The maximum Gasteiger partial charge on any atom is 0.295 e. The minimum Gasteiger partial charge on any atom is -0.382 e. The molecule has 1 aromatic heterocycles. The number of nitro benzene ring substituents is 1. The molecule has 2 rings (SSSR count). The van der Waals surface area contributed by atoms with E-state index < -0.39 is 4.92 Å². The lowest BCUT2D eigenvalue weighted by Gasteiger charge is -2.02. The highest BCUT2D eigenvalue weighted by Crippen LogP contribution is 2.26. The topological polar surface area (TPSA) is 87.0 Å². The van der Waals surface area contributed by atoms with Crippen molar-refractivity contribution >= 4 is 27.4 Å². The van der Waals surface area contributed by atoms with Gasteiger partial charge in [-0.3, -0.25) is 10.1 Å². The van der Waals surface area contributed by atoms with Gasteiger partial charge >= 0.3 is 0 Å². The Morgan fingerprint density at radius 1 is 1.44 bits per heavy atom. The van der Waals surface area contributed by atoms with E-state index in [1.165, 1.54) is 10.7 Å². The van der Waals surface area contributed by atoms with Crippen LogP contribution in [0.25, 0.3) is 5.69 Å². The van der Waals surface area contributed by atoms with Gasteiger partial charge in [-0.25, -0.2) is 4.68 Å². The third-order valence-electron chi connectivity index (χ3n) is 1.99. The van der Waals surface area contributed by atoms with Gasteiger partial charge in [0.1, 0.15) is 11.5 Å². The summed E-state index contributed by atoms with van der Waals surface area (Å²) in [5, 5.41) is 14.8. The van der Waals surface area contributed by atoms with Crippen molar-refractivity contribution in [3.8, 4) is 5.69 Å². The lowest BCUT2D eigenvalue weighted by atomic mass is 10.3. The van der Waals surface area contributed by atoms with Gasteiger partial charge in [0, 0.05) is 22.8 Å². The van der Waals surface area contributed by atoms with Crippen LogP contribution in [0.5, 0.6) is 0 Å². The quantitative estimate of drug-likeness (QED) is 0.675. The minimum atomic E-state index is -0.460. The molecule has 1 aromatic carbocycles. The van der Waals surface area contributed by atoms with Crippen molar-refractivity contribution in [3.05, 3.63) is 45.0 Å². The van der Waals surface area contributed by atoms with Crippen LogP contribution in [-0.2, 0) is 0 Å². The zero-order chi connectivity index (χ0) is 11.7. The van der Waals surface area contributed by atoms with Gasteiger partial charge in [-0.15, -0.1) is 0 Å². The predicted molar refractivity (Wildman–Crippen MR) is 62.3 cm³/mol. The maximum absolute atomic E-state index is 10.9. The van der Waals surface area contributed by atoms with E-state index in [1.54, 1.807) is 24.4 Å². The summed E-state index contributed by atoms with van der Waals surface area (Å²) in [6.07, 6.45) is 1.57. The smallest absolute Gasteiger partial charge is 0.295 e. The van der Waals surface area contributed by atoms with Gasteiger partial charge in [-0.1, -0.05) is 15.9 Å². The molecule has 0 aliphatic carbocycles. The summed E-state index contributed by atoms with van der Waals surface area (Å²) in [4.78, 5) is 10.4. The molecule has 7 heteroatoms. The van der Waals surface area contributed by atoms with Crippen molar-refractivity contribution in [2.24, 2.45) is 0 Å². The summed E-state index contributed by atoms with van der Waals surface area (Å²) in [6, 6.07) is 6.31. The van der Waals surface area contributed by atoms with Crippen molar-refractivity contribution in [3.63, 3.8) is 0 Å². The standard InChI is InChI=1S/C9H7BrN4O2/c10-6-1-2-7(8(5-6)14(15)16)13-4-3-9(11)12-13/h1-5H,(H2,11,12). The van der Waals surface area contributed by atoms with Crippen LogP contribution >= 0.6 is 15.9 Å². The lowest BCUT2D eigenvalue weighted by molar-refractivity contribution is -0.384. The van der Waals surface area contributed by atoms with Crippen molar-refractivity contribution < 1.29 is 4.92 Å². The fraction of sp³-hybridized carbons (Fsp3) is 0. The van der Waals surface area contributed by atoms with Crippen LogP contribution in [-0.4, -0.2) is 14.7 Å². The van der Waals surface area contributed by atoms with Gasteiger partial charge in [0.25, 0.3) is 5.69 Å². The van der Waals surface area contributed by atoms with E-state index in [4.69, 9.17) is 5.73 Å². The van der Waals surface area contributed by atoms with Gasteiger partial charge in [0.05, 0.1) is 4.92 Å². The SMILES string of the molecule is Nc1ccn(-c2ccc(Br)cc2[N+](=O)[O-])n1. The Labute approximate surface area is 99.0 Å². The highest BCUT2D eigenvalue weighted by molar-refractivity contribution is 9.10. The van der Waals surface area contributed by atoms with E-state index in [2.05, 4.69) is 21.0 Å². The average Bonchev–Trinajstić information content (AvgIpc) is 2.64. The van der Waals surface area contributed by atoms with Crippen LogP contribution in [0, 0.1) is 10.1 Å². The molecule has 0 saturated carbocycles. The van der Waals surface area contributed by atoms with E-state index in [9.17, 15) is 10.1 Å². The number of anilines is 1. The van der Waals surface area contributed by atoms with Gasteiger partial charge < -0.3 is 5.73 Å². The molecule has 16 heavy (non-hydrogen) atoms. The van der Waals surface area contributed by atoms with Crippen LogP contribution in [0.4, 0.5) is 11.5 Å². The Balaban J connectivity index is 2.60. The second-order valence-corrected chi connectivity index (χ2v) is 3.99. The highest BCUT2D eigenvalue weighted by atomic mass is 79.9. The molecule has 6 nitrogen and oxygen atoms in total. The molecule has 0 atom stereocenters. The summed E-state index contributed by atoms with van der Waals surface area (Å²) in [5.74, 6) is 0.317. The molecule has 0 aliphatic heterocycles. The van der Waals surface area contributed by atoms with E-state index in [1.807, 2.05) is 0 Å². The fourth-order valence-corrected chi connectivity index (χ4v) is 1.66. The maximum atomic E-state index is 10.9. The molecule has 1 heterocycles. The summed E-state index contributed by atoms with van der Waals surface area (Å²) in [6.45, 7) is 0. The highest BCUT2D eigenvalue weighted by Gasteiger charge is 2.16. The zero-order valence-electron chi connectivity index (χ0n) is 8.00. The van der Waals surface area contributed by atoms with Crippen LogP contribution < -0.4 is 5.73 Å². The fourth-order valence-electron chi connectivity index (χ4n) is 1.31. The number of hydrogen-bond donors (Lipinski definition) is 1. The monoisotopic (exact) mass is 282 g/mol. The summed E-state index contributed by atoms with van der Waals surface area (Å²) in [5.41, 5.74) is 5.81. The van der Waals surface area contributed by atoms with Crippen molar-refractivity contribution in [2.75, 3.05) is 5.73 Å². The number of nitrogens with two attached hydrogens (primary N) is 1. The van der Waals surface area contributed by atoms with Gasteiger partial charge in [-0.05, 0) is 12.1 Å². The zero-order valence-corrected chi connectivity index (χ0v) is 9.59. The number of nitrogen functional groups attached to an aromatic ring is 1. The number of nitrogens with zero attached hydrogens (tertiary/aromatic N) is 3. The largest absolute Gasteiger partial charge is 0.382 e. The molecule has 0 unspecified atom stereocenters. The molecule has 0 radical (unpaired) electrons. The molecule has 2 N–H and O–H groups in total. The summed E-state index contributed by atoms with van der Waals surface area (Å²) < 4.78 is 2.02. The Morgan fingerprint density at radius 3 is 2.75 bits per heavy atom. The number of rotatable bonds is 2. The first kappa shape index (κ1) is 10.6. The Hall–Kier alpha value is -1.89. The van der Waals surface area contributed by atoms with E-state index in [0.29, 0.717) is 16.0 Å². The van der Waals surface area contributed by atoms with Crippen molar-refractivity contribution in [1.29, 1.82) is 0 Å². The Morgan fingerprint density at radius 2 is 2.19 bits per heavy atom. The first-order valence-electron chi connectivity index (χ1n) is 4.33. The van der Waals surface area contributed by atoms with Gasteiger partial charge in [-0.2, -0.15) is 5.10 Å². The first-order chi connectivity index (χ1) is 7.58. The number of aromatic nitrogens is 2. The molecule has 0 amide bonds. The Kier molecular flexibility index (Phi) is 2.61. The van der Waals surface area contributed by atoms with Crippen LogP contribution in [0.3, 0.4) is 0 Å². The normalized spacial score (nSPS) is 10.3. The molecule has 0 spiro atoms. The number of benzene rings is 1. The van der Waals surface area contributed by atoms with Crippen molar-refractivity contribution in [1.82, 2.24) is 9.78 Å². The van der Waals surface area contributed by atoms with E-state index in [-0.39, 0.29) is 5.69 Å². The first-order valence-corrected chi connectivity index (χ1v) is 5.12. The van der Waals surface area contributed by atoms with Crippen LogP contribution in [0.15, 0.2) is 34.9 Å². The molecule has 0 bridgehead atoms. The Bertz CT molecular complexity index is 552. The molecule has 0 fully saturated rings. The van der Waals surface area contributed by atoms with E-state index >= 15 is 0 Å². The second kappa shape index (κ2) is 3.93. The molecular weight excluding hydrogens is 276 g/mol. The second-order valence-electron chi connectivity index (χ2n) is 3.08. The van der Waals surface area contributed by atoms with Crippen molar-refractivity contribution in [2.45, 2.75) is 0 Å². The summed E-state index contributed by atoms with van der Waals surface area (Å²) in [7, 11) is 0. The third kappa shape index (κ3) is 1.89. The number of nitro groups is 1. The summed E-state index contributed by atoms with van der Waals surface area (Å²) >= 11 is 3.18. The van der Waals surface area contributed by atoms with Crippen LogP contribution in [0.1, 0.15) is 0 Å². The minimum absolute atomic E-state index is 0.0301. The van der Waals surface area contributed by atoms with Crippen LogP contribution in [0.2, 0.25) is 0 Å². The predicted octanol–water partition coefficient (Wildman–Crippen LogP) is 2.13. The molecule has 0 aliphatic rings. The average molecular weight is 283 g/mol. The molecule has 2 aromatic rings. The van der Waals surface area contributed by atoms with Gasteiger partial charge in [0.2, 0.25) is 0 Å². The lowest BCUT2D eigenvalue weighted by Crippen LogP contribution is -2.01. The number of hydrogen-bond acceptors (Lipinski definition) is 4.